The van der Waals surface area contributed by atoms with E-state index in [-0.39, 0.29) is 0 Å². The molecular formula is C11H22N2O. The van der Waals surface area contributed by atoms with Gasteiger partial charge in [0.1, 0.15) is 0 Å². The van der Waals surface area contributed by atoms with Crippen LogP contribution in [0.4, 0.5) is 0 Å². The second-order valence-electron chi connectivity index (χ2n) is 3.54. The molecule has 0 bridgehead atoms. The van der Waals surface area contributed by atoms with Gasteiger partial charge in [0.05, 0.1) is 0 Å². The summed E-state index contributed by atoms with van der Waals surface area (Å²) in [5, 5.41) is 7.71. The fourth-order valence-corrected chi connectivity index (χ4v) is 0.643. The van der Waals surface area contributed by atoms with Crippen LogP contribution in [0, 0.1) is 0 Å². The monoisotopic (exact) mass is 198 g/mol. The Kier molecular flexibility index (Phi) is 7.07. The molecule has 0 aliphatic rings. The minimum Gasteiger partial charge on any atom is -0.425 e. The van der Waals surface area contributed by atoms with E-state index in [1.807, 2.05) is 20.8 Å². The highest BCUT2D eigenvalue weighted by Gasteiger charge is 2.06. The van der Waals surface area contributed by atoms with Gasteiger partial charge < -0.3 is 4.42 Å². The lowest BCUT2D eigenvalue weighted by molar-refractivity contribution is 0.436. The number of unbranched alkanes of at least 4 members (excludes halogenated alkanes) is 1. The summed E-state index contributed by atoms with van der Waals surface area (Å²) in [6, 6.07) is 0. The Morgan fingerprint density at radius 3 is 1.86 bits per heavy atom. The molecule has 0 fully saturated rings. The molecule has 3 heteroatoms. The van der Waals surface area contributed by atoms with Crippen molar-refractivity contribution in [2.45, 2.75) is 59.8 Å². The summed E-state index contributed by atoms with van der Waals surface area (Å²) in [5.74, 6) is 1.80. The van der Waals surface area contributed by atoms with E-state index < -0.39 is 0 Å². The van der Waals surface area contributed by atoms with Crippen molar-refractivity contribution in [3.63, 3.8) is 0 Å². The lowest BCUT2D eigenvalue weighted by Crippen LogP contribution is -1.85. The van der Waals surface area contributed by atoms with Crippen LogP contribution in [0.2, 0.25) is 0 Å². The molecule has 0 N–H and O–H groups in total. The maximum atomic E-state index is 5.27. The van der Waals surface area contributed by atoms with Crippen molar-refractivity contribution in [1.82, 2.24) is 10.2 Å². The van der Waals surface area contributed by atoms with Crippen LogP contribution < -0.4 is 0 Å². The standard InChI is InChI=1S/C7H12N2O.C4H10/c1-4-6-8-9-7(10-6)5(2)3;1-3-4-2/h5H,4H2,1-3H3;3-4H2,1-2H3. The third-order valence-electron chi connectivity index (χ3n) is 1.78. The number of hydrogen-bond acceptors (Lipinski definition) is 3. The molecule has 0 radical (unpaired) electrons. The van der Waals surface area contributed by atoms with Crippen LogP contribution in [0.25, 0.3) is 0 Å². The Labute approximate surface area is 86.9 Å². The van der Waals surface area contributed by atoms with Crippen molar-refractivity contribution in [3.8, 4) is 0 Å². The average molecular weight is 198 g/mol. The van der Waals surface area contributed by atoms with Crippen LogP contribution in [-0.4, -0.2) is 10.2 Å². The predicted octanol–water partition coefficient (Wildman–Crippen LogP) is 3.56. The fourth-order valence-electron chi connectivity index (χ4n) is 0.643. The summed E-state index contributed by atoms with van der Waals surface area (Å²) in [4.78, 5) is 0. The molecule has 3 nitrogen and oxygen atoms in total. The van der Waals surface area contributed by atoms with Gasteiger partial charge >= 0.3 is 0 Å². The highest BCUT2D eigenvalue weighted by molar-refractivity contribution is 4.86. The quantitative estimate of drug-likeness (QED) is 0.745. The van der Waals surface area contributed by atoms with Crippen molar-refractivity contribution in [3.05, 3.63) is 11.8 Å². The van der Waals surface area contributed by atoms with Gasteiger partial charge in [0.2, 0.25) is 11.8 Å². The summed E-state index contributed by atoms with van der Waals surface area (Å²) in [7, 11) is 0. The summed E-state index contributed by atoms with van der Waals surface area (Å²) in [5.41, 5.74) is 0. The Morgan fingerprint density at radius 1 is 1.07 bits per heavy atom. The highest BCUT2D eigenvalue weighted by atomic mass is 16.4. The van der Waals surface area contributed by atoms with Crippen molar-refractivity contribution < 1.29 is 4.42 Å². The topological polar surface area (TPSA) is 38.9 Å². The van der Waals surface area contributed by atoms with Crippen LogP contribution in [0.1, 0.15) is 65.2 Å². The molecule has 0 saturated heterocycles. The maximum absolute atomic E-state index is 5.27. The lowest BCUT2D eigenvalue weighted by Gasteiger charge is -1.92. The largest absolute Gasteiger partial charge is 0.425 e. The molecule has 1 aromatic rings. The minimum atomic E-state index is 0.341. The molecule has 1 aromatic heterocycles. The summed E-state index contributed by atoms with van der Waals surface area (Å²) in [6.45, 7) is 10.4. The average Bonchev–Trinajstić information content (AvgIpc) is 2.66. The van der Waals surface area contributed by atoms with Crippen LogP contribution in [0.3, 0.4) is 0 Å². The van der Waals surface area contributed by atoms with E-state index in [1.54, 1.807) is 0 Å². The molecule has 0 atom stereocenters. The van der Waals surface area contributed by atoms with Crippen LogP contribution in [0.5, 0.6) is 0 Å². The van der Waals surface area contributed by atoms with Crippen molar-refractivity contribution in [1.29, 1.82) is 0 Å². The molecule has 82 valence electrons. The second-order valence-corrected chi connectivity index (χ2v) is 3.54. The van der Waals surface area contributed by atoms with Gasteiger partial charge in [-0.15, -0.1) is 10.2 Å². The Balaban J connectivity index is 0.000000364. The van der Waals surface area contributed by atoms with Crippen LogP contribution in [-0.2, 0) is 6.42 Å². The SMILES string of the molecule is CCCC.CCc1nnc(C(C)C)o1. The zero-order valence-corrected chi connectivity index (χ0v) is 10.0. The zero-order chi connectivity index (χ0) is 11.0. The summed E-state index contributed by atoms with van der Waals surface area (Å²) >= 11 is 0. The third-order valence-corrected chi connectivity index (χ3v) is 1.78. The minimum absolute atomic E-state index is 0.341. The summed E-state index contributed by atoms with van der Waals surface area (Å²) < 4.78 is 5.27. The van der Waals surface area contributed by atoms with Gasteiger partial charge in [-0.25, -0.2) is 0 Å². The number of hydrogen-bond donors (Lipinski definition) is 0. The Morgan fingerprint density at radius 2 is 1.64 bits per heavy atom. The smallest absolute Gasteiger partial charge is 0.219 e. The number of aryl methyl sites for hydroxylation is 1. The van der Waals surface area contributed by atoms with E-state index >= 15 is 0 Å². The van der Waals surface area contributed by atoms with Gasteiger partial charge in [0, 0.05) is 12.3 Å². The first kappa shape index (κ1) is 13.1. The molecule has 0 saturated carbocycles. The third kappa shape index (κ3) is 5.00. The predicted molar refractivity (Wildman–Crippen MR) is 58.3 cm³/mol. The van der Waals surface area contributed by atoms with Gasteiger partial charge in [-0.05, 0) is 0 Å². The van der Waals surface area contributed by atoms with E-state index in [0.717, 1.165) is 18.2 Å². The summed E-state index contributed by atoms with van der Waals surface area (Å²) in [6.07, 6.45) is 3.46. The fraction of sp³-hybridized carbons (Fsp3) is 0.818. The molecule has 0 unspecified atom stereocenters. The van der Waals surface area contributed by atoms with Crippen LogP contribution >= 0.6 is 0 Å². The van der Waals surface area contributed by atoms with E-state index in [2.05, 4.69) is 24.0 Å². The van der Waals surface area contributed by atoms with Gasteiger partial charge in [0.15, 0.2) is 0 Å². The maximum Gasteiger partial charge on any atom is 0.219 e. The van der Waals surface area contributed by atoms with Gasteiger partial charge in [-0.1, -0.05) is 47.5 Å². The molecule has 0 aromatic carbocycles. The van der Waals surface area contributed by atoms with Crippen molar-refractivity contribution in [2.24, 2.45) is 0 Å². The molecule has 1 rings (SSSR count). The molecule has 0 aliphatic heterocycles. The van der Waals surface area contributed by atoms with E-state index in [0.29, 0.717) is 5.92 Å². The van der Waals surface area contributed by atoms with Gasteiger partial charge in [-0.3, -0.25) is 0 Å². The second kappa shape index (κ2) is 7.54. The molecule has 0 spiro atoms. The van der Waals surface area contributed by atoms with Crippen molar-refractivity contribution in [2.75, 3.05) is 0 Å². The van der Waals surface area contributed by atoms with Gasteiger partial charge in [0.25, 0.3) is 0 Å². The Bertz CT molecular complexity index is 229. The molecule has 0 aliphatic carbocycles. The van der Waals surface area contributed by atoms with Crippen molar-refractivity contribution >= 4 is 0 Å². The first-order valence-corrected chi connectivity index (χ1v) is 5.47. The van der Waals surface area contributed by atoms with E-state index in [1.165, 1.54) is 12.8 Å². The van der Waals surface area contributed by atoms with Gasteiger partial charge in [-0.2, -0.15) is 0 Å². The lowest BCUT2D eigenvalue weighted by atomic mass is 10.2. The first-order valence-electron chi connectivity index (χ1n) is 5.47. The molecule has 14 heavy (non-hydrogen) atoms. The number of nitrogens with zero attached hydrogens (tertiary/aromatic N) is 2. The van der Waals surface area contributed by atoms with Crippen LogP contribution in [0.15, 0.2) is 4.42 Å². The van der Waals surface area contributed by atoms with E-state index in [4.69, 9.17) is 4.42 Å². The number of rotatable bonds is 3. The molecule has 0 amide bonds. The zero-order valence-electron chi connectivity index (χ0n) is 10.0. The number of aromatic nitrogens is 2. The van der Waals surface area contributed by atoms with E-state index in [9.17, 15) is 0 Å². The molecule has 1 heterocycles. The first-order chi connectivity index (χ1) is 6.65. The molecular weight excluding hydrogens is 176 g/mol. The highest BCUT2D eigenvalue weighted by Crippen LogP contribution is 2.11. The normalized spacial score (nSPS) is 9.86. The Hall–Kier alpha value is -0.860.